The fraction of sp³-hybridized carbons (Fsp3) is 0.667. The number of hydrogen-bond acceptors (Lipinski definition) is 6. The van der Waals surface area contributed by atoms with Crippen molar-refractivity contribution < 1.29 is 13.2 Å². The molecule has 0 amide bonds. The lowest BCUT2D eigenvalue weighted by molar-refractivity contribution is 0.0390. The SMILES string of the molecule is Cc1cc(S(=O)(=O)NCCN2CCOCC2)sc1CN. The molecule has 1 aromatic heterocycles. The van der Waals surface area contributed by atoms with Crippen LogP contribution in [-0.4, -0.2) is 52.7 Å². The summed E-state index contributed by atoms with van der Waals surface area (Å²) in [6.45, 7) is 6.53. The first-order chi connectivity index (χ1) is 9.53. The van der Waals surface area contributed by atoms with Crippen molar-refractivity contribution in [2.45, 2.75) is 17.7 Å². The van der Waals surface area contributed by atoms with Crippen molar-refractivity contribution in [2.75, 3.05) is 39.4 Å². The number of sulfonamides is 1. The third kappa shape index (κ3) is 4.00. The van der Waals surface area contributed by atoms with E-state index in [-0.39, 0.29) is 0 Å². The molecule has 0 bridgehead atoms. The van der Waals surface area contributed by atoms with Crippen molar-refractivity contribution in [3.8, 4) is 0 Å². The van der Waals surface area contributed by atoms with Gasteiger partial charge in [-0.05, 0) is 18.6 Å². The highest BCUT2D eigenvalue weighted by Gasteiger charge is 2.19. The highest BCUT2D eigenvalue weighted by molar-refractivity contribution is 7.91. The van der Waals surface area contributed by atoms with Gasteiger partial charge in [-0.15, -0.1) is 11.3 Å². The van der Waals surface area contributed by atoms with Crippen LogP contribution in [0.5, 0.6) is 0 Å². The summed E-state index contributed by atoms with van der Waals surface area (Å²) in [5.74, 6) is 0. The minimum Gasteiger partial charge on any atom is -0.379 e. The summed E-state index contributed by atoms with van der Waals surface area (Å²) in [6, 6.07) is 1.68. The first kappa shape index (κ1) is 15.9. The lowest BCUT2D eigenvalue weighted by atomic mass is 10.3. The number of nitrogens with zero attached hydrogens (tertiary/aromatic N) is 1. The van der Waals surface area contributed by atoms with Crippen LogP contribution in [0.4, 0.5) is 0 Å². The summed E-state index contributed by atoms with van der Waals surface area (Å²) < 4.78 is 32.6. The monoisotopic (exact) mass is 319 g/mol. The maximum absolute atomic E-state index is 12.2. The molecule has 1 aliphatic rings. The standard InChI is InChI=1S/C12H21N3O3S2/c1-10-8-12(19-11(10)9-13)20(16,17)14-2-3-15-4-6-18-7-5-15/h8,14H,2-7,9,13H2,1H3. The van der Waals surface area contributed by atoms with Crippen LogP contribution in [0.1, 0.15) is 10.4 Å². The number of morpholine rings is 1. The topological polar surface area (TPSA) is 84.7 Å². The van der Waals surface area contributed by atoms with Gasteiger partial charge in [0.1, 0.15) is 4.21 Å². The Labute approximate surface area is 124 Å². The first-order valence-corrected chi connectivity index (χ1v) is 8.92. The fourth-order valence-electron chi connectivity index (χ4n) is 2.06. The molecular formula is C12H21N3O3S2. The van der Waals surface area contributed by atoms with Crippen LogP contribution >= 0.6 is 11.3 Å². The van der Waals surface area contributed by atoms with E-state index in [9.17, 15) is 8.42 Å². The molecule has 3 N–H and O–H groups in total. The molecule has 0 atom stereocenters. The average Bonchev–Trinajstić information content (AvgIpc) is 2.82. The number of ether oxygens (including phenoxy) is 1. The summed E-state index contributed by atoms with van der Waals surface area (Å²) in [6.07, 6.45) is 0. The van der Waals surface area contributed by atoms with Gasteiger partial charge in [0.15, 0.2) is 0 Å². The Balaban J connectivity index is 1.89. The number of thiophene rings is 1. The largest absolute Gasteiger partial charge is 0.379 e. The van der Waals surface area contributed by atoms with E-state index in [1.165, 1.54) is 11.3 Å². The van der Waals surface area contributed by atoms with Crippen LogP contribution in [-0.2, 0) is 21.3 Å². The highest BCUT2D eigenvalue weighted by Crippen LogP contribution is 2.25. The molecule has 20 heavy (non-hydrogen) atoms. The minimum absolute atomic E-state index is 0.345. The maximum atomic E-state index is 12.2. The molecule has 0 unspecified atom stereocenters. The van der Waals surface area contributed by atoms with E-state index in [0.717, 1.165) is 36.7 Å². The Morgan fingerprint density at radius 2 is 2.15 bits per heavy atom. The van der Waals surface area contributed by atoms with Gasteiger partial charge in [0.05, 0.1) is 13.2 Å². The normalized spacial score (nSPS) is 17.5. The number of nitrogens with two attached hydrogens (primary N) is 1. The van der Waals surface area contributed by atoms with Gasteiger partial charge in [-0.2, -0.15) is 0 Å². The Hall–Kier alpha value is -0.510. The molecule has 0 aliphatic carbocycles. The Kier molecular flexibility index (Phi) is 5.53. The van der Waals surface area contributed by atoms with Crippen LogP contribution in [0, 0.1) is 6.92 Å². The third-order valence-corrected chi connectivity index (χ3v) is 6.47. The maximum Gasteiger partial charge on any atom is 0.250 e. The average molecular weight is 319 g/mol. The van der Waals surface area contributed by atoms with Crippen molar-refractivity contribution in [3.05, 3.63) is 16.5 Å². The van der Waals surface area contributed by atoms with Crippen molar-refractivity contribution in [1.29, 1.82) is 0 Å². The summed E-state index contributed by atoms with van der Waals surface area (Å²) in [5, 5.41) is 0. The predicted molar refractivity (Wildman–Crippen MR) is 79.4 cm³/mol. The third-order valence-electron chi connectivity index (χ3n) is 3.27. The number of rotatable bonds is 6. The number of nitrogens with one attached hydrogen (secondary N) is 1. The van der Waals surface area contributed by atoms with Gasteiger partial charge in [-0.25, -0.2) is 13.1 Å². The molecular weight excluding hydrogens is 298 g/mol. The molecule has 2 rings (SSSR count). The lowest BCUT2D eigenvalue weighted by Gasteiger charge is -2.26. The summed E-state index contributed by atoms with van der Waals surface area (Å²) in [4.78, 5) is 3.11. The van der Waals surface area contributed by atoms with Gasteiger partial charge in [0.25, 0.3) is 0 Å². The van der Waals surface area contributed by atoms with Crippen LogP contribution < -0.4 is 10.5 Å². The molecule has 0 aromatic carbocycles. The van der Waals surface area contributed by atoms with E-state index in [0.29, 0.717) is 23.8 Å². The zero-order chi connectivity index (χ0) is 14.6. The van der Waals surface area contributed by atoms with E-state index in [1.54, 1.807) is 6.07 Å². The van der Waals surface area contributed by atoms with Gasteiger partial charge in [-0.1, -0.05) is 0 Å². The van der Waals surface area contributed by atoms with E-state index >= 15 is 0 Å². The van der Waals surface area contributed by atoms with Gasteiger partial charge >= 0.3 is 0 Å². The molecule has 8 heteroatoms. The molecule has 6 nitrogen and oxygen atoms in total. The van der Waals surface area contributed by atoms with Crippen LogP contribution in [0.2, 0.25) is 0 Å². The quantitative estimate of drug-likeness (QED) is 0.778. The van der Waals surface area contributed by atoms with Crippen molar-refractivity contribution >= 4 is 21.4 Å². The van der Waals surface area contributed by atoms with Crippen LogP contribution in [0.3, 0.4) is 0 Å². The Morgan fingerprint density at radius 1 is 1.45 bits per heavy atom. The van der Waals surface area contributed by atoms with Crippen LogP contribution in [0.25, 0.3) is 0 Å². The highest BCUT2D eigenvalue weighted by atomic mass is 32.2. The molecule has 1 fully saturated rings. The van der Waals surface area contributed by atoms with Gasteiger partial charge in [-0.3, -0.25) is 4.90 Å². The van der Waals surface area contributed by atoms with E-state index in [1.807, 2.05) is 6.92 Å². The zero-order valence-corrected chi connectivity index (χ0v) is 13.2. The zero-order valence-electron chi connectivity index (χ0n) is 11.6. The molecule has 2 heterocycles. The number of hydrogen-bond donors (Lipinski definition) is 2. The second-order valence-corrected chi connectivity index (χ2v) is 7.86. The van der Waals surface area contributed by atoms with Crippen LogP contribution in [0.15, 0.2) is 10.3 Å². The molecule has 0 saturated carbocycles. The second kappa shape index (κ2) is 6.97. The van der Waals surface area contributed by atoms with Crippen molar-refractivity contribution in [1.82, 2.24) is 9.62 Å². The van der Waals surface area contributed by atoms with Gasteiger partial charge in [0.2, 0.25) is 10.0 Å². The Bertz CT molecular complexity index is 536. The molecule has 1 aliphatic heterocycles. The summed E-state index contributed by atoms with van der Waals surface area (Å²) >= 11 is 1.24. The first-order valence-electron chi connectivity index (χ1n) is 6.62. The minimum atomic E-state index is -3.42. The smallest absolute Gasteiger partial charge is 0.250 e. The van der Waals surface area contributed by atoms with Crippen molar-refractivity contribution in [3.63, 3.8) is 0 Å². The van der Waals surface area contributed by atoms with E-state index in [4.69, 9.17) is 10.5 Å². The van der Waals surface area contributed by atoms with E-state index in [2.05, 4.69) is 9.62 Å². The molecule has 0 spiro atoms. The molecule has 1 saturated heterocycles. The number of aryl methyl sites for hydroxylation is 1. The van der Waals surface area contributed by atoms with Crippen molar-refractivity contribution in [2.24, 2.45) is 5.73 Å². The molecule has 114 valence electrons. The lowest BCUT2D eigenvalue weighted by Crippen LogP contribution is -2.41. The molecule has 1 aromatic rings. The molecule has 0 radical (unpaired) electrons. The fourth-order valence-corrected chi connectivity index (χ4v) is 4.59. The predicted octanol–water partition coefficient (Wildman–Crippen LogP) is 0.126. The van der Waals surface area contributed by atoms with E-state index < -0.39 is 10.0 Å². The second-order valence-electron chi connectivity index (χ2n) is 4.73. The van der Waals surface area contributed by atoms with Gasteiger partial charge < -0.3 is 10.5 Å². The Morgan fingerprint density at radius 3 is 2.75 bits per heavy atom. The summed E-state index contributed by atoms with van der Waals surface area (Å²) in [7, 11) is -3.42. The summed E-state index contributed by atoms with van der Waals surface area (Å²) in [5.41, 5.74) is 6.52. The van der Waals surface area contributed by atoms with Gasteiger partial charge in [0, 0.05) is 37.6 Å².